The molecule has 26 heavy (non-hydrogen) atoms. The average Bonchev–Trinajstić information content (AvgIpc) is 3.15. The number of carbonyl (C=O) groups is 1. The Labute approximate surface area is 154 Å². The SMILES string of the molecule is COc1ccc(/C=C2/c3ccccc3C(=O)c3ccsc32)c(OC)c1O. The molecule has 0 aliphatic heterocycles. The zero-order chi connectivity index (χ0) is 18.3. The van der Waals surface area contributed by atoms with Crippen LogP contribution in [0.15, 0.2) is 47.8 Å². The molecule has 0 unspecified atom stereocenters. The number of hydrogen-bond acceptors (Lipinski definition) is 5. The van der Waals surface area contributed by atoms with Crippen molar-refractivity contribution in [1.29, 1.82) is 0 Å². The number of thiophene rings is 1. The predicted octanol–water partition coefficient (Wildman–Crippen LogP) is 4.60. The highest BCUT2D eigenvalue weighted by atomic mass is 32.1. The summed E-state index contributed by atoms with van der Waals surface area (Å²) in [4.78, 5) is 13.6. The van der Waals surface area contributed by atoms with E-state index >= 15 is 0 Å². The Balaban J connectivity index is 1.97. The number of methoxy groups -OCH3 is 2. The van der Waals surface area contributed by atoms with E-state index in [9.17, 15) is 9.90 Å². The zero-order valence-corrected chi connectivity index (χ0v) is 15.1. The van der Waals surface area contributed by atoms with Crippen molar-refractivity contribution >= 4 is 28.8 Å². The van der Waals surface area contributed by atoms with Gasteiger partial charge in [0.15, 0.2) is 17.3 Å². The van der Waals surface area contributed by atoms with E-state index in [0.717, 1.165) is 16.0 Å². The minimum atomic E-state index is -0.0454. The highest BCUT2D eigenvalue weighted by Gasteiger charge is 2.28. The quantitative estimate of drug-likeness (QED) is 0.577. The van der Waals surface area contributed by atoms with Gasteiger partial charge in [-0.2, -0.15) is 0 Å². The van der Waals surface area contributed by atoms with Gasteiger partial charge >= 0.3 is 0 Å². The summed E-state index contributed by atoms with van der Waals surface area (Å²) in [5.74, 6) is 0.679. The van der Waals surface area contributed by atoms with E-state index in [1.807, 2.05) is 47.9 Å². The normalized spacial score (nSPS) is 14.1. The van der Waals surface area contributed by atoms with E-state index in [2.05, 4.69) is 0 Å². The van der Waals surface area contributed by atoms with Crippen LogP contribution in [0.3, 0.4) is 0 Å². The van der Waals surface area contributed by atoms with Gasteiger partial charge in [0.2, 0.25) is 5.75 Å². The van der Waals surface area contributed by atoms with Crippen LogP contribution in [0.25, 0.3) is 11.6 Å². The van der Waals surface area contributed by atoms with Gasteiger partial charge in [-0.05, 0) is 35.2 Å². The minimum Gasteiger partial charge on any atom is -0.502 e. The number of phenolic OH excluding ortho intramolecular Hbond substituents is 1. The molecule has 0 fully saturated rings. The van der Waals surface area contributed by atoms with Gasteiger partial charge < -0.3 is 14.6 Å². The summed E-state index contributed by atoms with van der Waals surface area (Å²) >= 11 is 1.53. The summed E-state index contributed by atoms with van der Waals surface area (Å²) in [6.07, 6.45) is 1.94. The topological polar surface area (TPSA) is 55.8 Å². The highest BCUT2D eigenvalue weighted by molar-refractivity contribution is 7.11. The van der Waals surface area contributed by atoms with Crippen molar-refractivity contribution in [1.82, 2.24) is 0 Å². The Bertz CT molecular complexity index is 1050. The van der Waals surface area contributed by atoms with Crippen molar-refractivity contribution in [2.24, 2.45) is 0 Å². The number of rotatable bonds is 3. The molecular weight excluding hydrogens is 348 g/mol. The summed E-state index contributed by atoms with van der Waals surface area (Å²) in [5.41, 5.74) is 3.92. The Morgan fingerprint density at radius 2 is 1.73 bits per heavy atom. The van der Waals surface area contributed by atoms with Crippen molar-refractivity contribution in [3.05, 3.63) is 75.0 Å². The first kappa shape index (κ1) is 16.4. The Morgan fingerprint density at radius 1 is 0.962 bits per heavy atom. The maximum absolute atomic E-state index is 12.7. The van der Waals surface area contributed by atoms with Crippen LogP contribution in [-0.4, -0.2) is 25.1 Å². The molecule has 1 aliphatic rings. The molecule has 3 aromatic rings. The fourth-order valence-electron chi connectivity index (χ4n) is 3.24. The Kier molecular flexibility index (Phi) is 4.01. The number of carbonyl (C=O) groups excluding carboxylic acids is 1. The molecule has 0 saturated heterocycles. The lowest BCUT2D eigenvalue weighted by Crippen LogP contribution is -2.11. The first-order valence-electron chi connectivity index (χ1n) is 8.03. The molecule has 4 rings (SSSR count). The number of benzene rings is 2. The number of hydrogen-bond donors (Lipinski definition) is 1. The van der Waals surface area contributed by atoms with Crippen LogP contribution >= 0.6 is 11.3 Å². The van der Waals surface area contributed by atoms with Crippen LogP contribution in [0.4, 0.5) is 0 Å². The van der Waals surface area contributed by atoms with E-state index in [1.165, 1.54) is 25.6 Å². The van der Waals surface area contributed by atoms with E-state index in [-0.39, 0.29) is 11.5 Å². The monoisotopic (exact) mass is 364 g/mol. The fraction of sp³-hybridized carbons (Fsp3) is 0.0952. The maximum Gasteiger partial charge on any atom is 0.201 e. The van der Waals surface area contributed by atoms with Gasteiger partial charge in [0, 0.05) is 27.1 Å². The molecular formula is C21H16O4S. The average molecular weight is 364 g/mol. The van der Waals surface area contributed by atoms with E-state index < -0.39 is 0 Å². The van der Waals surface area contributed by atoms with E-state index in [1.54, 1.807) is 6.07 Å². The summed E-state index contributed by atoms with van der Waals surface area (Å²) in [6.45, 7) is 0. The highest BCUT2D eigenvalue weighted by Crippen LogP contribution is 2.44. The van der Waals surface area contributed by atoms with Gasteiger partial charge in [-0.3, -0.25) is 4.79 Å². The molecule has 1 aromatic heterocycles. The van der Waals surface area contributed by atoms with E-state index in [4.69, 9.17) is 9.47 Å². The molecule has 0 atom stereocenters. The molecule has 0 radical (unpaired) electrons. The molecule has 0 saturated carbocycles. The number of aromatic hydroxyl groups is 1. The van der Waals surface area contributed by atoms with Crippen LogP contribution in [0.5, 0.6) is 17.2 Å². The van der Waals surface area contributed by atoms with Gasteiger partial charge in [0.1, 0.15) is 0 Å². The van der Waals surface area contributed by atoms with Crippen molar-refractivity contribution in [3.8, 4) is 17.2 Å². The smallest absolute Gasteiger partial charge is 0.201 e. The van der Waals surface area contributed by atoms with Crippen molar-refractivity contribution < 1.29 is 19.4 Å². The molecule has 2 aromatic carbocycles. The second-order valence-electron chi connectivity index (χ2n) is 5.84. The summed E-state index contributed by atoms with van der Waals surface area (Å²) in [5, 5.41) is 12.3. The van der Waals surface area contributed by atoms with Crippen molar-refractivity contribution in [2.45, 2.75) is 0 Å². The lowest BCUT2D eigenvalue weighted by atomic mass is 9.85. The number of phenols is 1. The summed E-state index contributed by atoms with van der Waals surface area (Å²) in [6, 6.07) is 12.9. The van der Waals surface area contributed by atoms with Gasteiger partial charge in [-0.1, -0.05) is 24.3 Å². The lowest BCUT2D eigenvalue weighted by molar-refractivity contribution is 0.103. The Morgan fingerprint density at radius 3 is 2.46 bits per heavy atom. The summed E-state index contributed by atoms with van der Waals surface area (Å²) < 4.78 is 10.6. The number of fused-ring (bicyclic) bond motifs is 2. The Hall–Kier alpha value is -3.05. The number of ketones is 1. The van der Waals surface area contributed by atoms with Gasteiger partial charge in [0.05, 0.1) is 14.2 Å². The second kappa shape index (κ2) is 6.35. The first-order valence-corrected chi connectivity index (χ1v) is 8.91. The van der Waals surface area contributed by atoms with Crippen LogP contribution in [0.2, 0.25) is 0 Å². The molecule has 0 spiro atoms. The van der Waals surface area contributed by atoms with Crippen molar-refractivity contribution in [2.75, 3.05) is 14.2 Å². The van der Waals surface area contributed by atoms with Crippen LogP contribution in [-0.2, 0) is 0 Å². The minimum absolute atomic E-state index is 0.0403. The third-order valence-electron chi connectivity index (χ3n) is 4.47. The third kappa shape index (κ3) is 2.40. The molecule has 130 valence electrons. The number of ether oxygens (including phenoxy) is 2. The largest absolute Gasteiger partial charge is 0.502 e. The molecule has 0 bridgehead atoms. The van der Waals surface area contributed by atoms with Gasteiger partial charge in [0.25, 0.3) is 0 Å². The molecule has 5 heteroatoms. The van der Waals surface area contributed by atoms with E-state index in [0.29, 0.717) is 28.2 Å². The lowest BCUT2D eigenvalue weighted by Gasteiger charge is -2.19. The predicted molar refractivity (Wildman–Crippen MR) is 102 cm³/mol. The van der Waals surface area contributed by atoms with Crippen LogP contribution < -0.4 is 9.47 Å². The molecule has 4 nitrogen and oxygen atoms in total. The van der Waals surface area contributed by atoms with Crippen LogP contribution in [0, 0.1) is 0 Å². The molecule has 1 N–H and O–H groups in total. The van der Waals surface area contributed by atoms with Gasteiger partial charge in [-0.25, -0.2) is 0 Å². The zero-order valence-electron chi connectivity index (χ0n) is 14.3. The van der Waals surface area contributed by atoms with Crippen LogP contribution in [0.1, 0.15) is 31.9 Å². The first-order chi connectivity index (χ1) is 12.7. The standard InChI is InChI=1S/C21H16O4S/c1-24-17-8-7-12(20(25-2)19(17)23)11-16-13-5-3-4-6-14(13)18(22)15-9-10-26-21(15)16/h3-11,23H,1-2H3/b16-11-. The fourth-order valence-corrected chi connectivity index (χ4v) is 4.16. The second-order valence-corrected chi connectivity index (χ2v) is 6.75. The maximum atomic E-state index is 12.7. The van der Waals surface area contributed by atoms with Gasteiger partial charge in [-0.15, -0.1) is 11.3 Å². The third-order valence-corrected chi connectivity index (χ3v) is 5.41. The summed E-state index contributed by atoms with van der Waals surface area (Å²) in [7, 11) is 3.00. The molecule has 1 aliphatic carbocycles. The molecule has 0 amide bonds. The van der Waals surface area contributed by atoms with Crippen molar-refractivity contribution in [3.63, 3.8) is 0 Å². The molecule has 1 heterocycles.